The Bertz CT molecular complexity index is 316. The van der Waals surface area contributed by atoms with Gasteiger partial charge in [-0.2, -0.15) is 0 Å². The van der Waals surface area contributed by atoms with Gasteiger partial charge in [0.05, 0.1) is 0 Å². The molecule has 2 N–H and O–H groups in total. The largest absolute Gasteiger partial charge is 0.504 e. The third-order valence-electron chi connectivity index (χ3n) is 2.03. The van der Waals surface area contributed by atoms with E-state index >= 15 is 0 Å². The van der Waals surface area contributed by atoms with Gasteiger partial charge < -0.3 is 10.2 Å². The normalized spacial score (nSPS) is 10.9. The molecule has 0 radical (unpaired) electrons. The number of phenols is 2. The monoisotopic (exact) mass is 192 g/mol. The van der Waals surface area contributed by atoms with Gasteiger partial charge in [-0.05, 0) is 24.1 Å². The quantitative estimate of drug-likeness (QED) is 0.567. The summed E-state index contributed by atoms with van der Waals surface area (Å²) in [4.78, 5) is 0. The number of hydrogen-bond donors (Lipinski definition) is 2. The third-order valence-corrected chi connectivity index (χ3v) is 2.03. The molecule has 0 spiro atoms. The van der Waals surface area contributed by atoms with E-state index in [0.29, 0.717) is 0 Å². The van der Waals surface area contributed by atoms with Gasteiger partial charge in [-0.1, -0.05) is 38.0 Å². The smallest absolute Gasteiger partial charge is 0.157 e. The van der Waals surface area contributed by atoms with Crippen molar-refractivity contribution in [2.75, 3.05) is 0 Å². The summed E-state index contributed by atoms with van der Waals surface area (Å²) in [5.41, 5.74) is 0.913. The van der Waals surface area contributed by atoms with E-state index in [2.05, 4.69) is 13.0 Å². The van der Waals surface area contributed by atoms with Crippen LogP contribution in [0.25, 0.3) is 6.08 Å². The second kappa shape index (κ2) is 5.32. The fourth-order valence-electron chi connectivity index (χ4n) is 1.19. The Morgan fingerprint density at radius 3 is 2.64 bits per heavy atom. The Hall–Kier alpha value is -1.44. The number of rotatable bonds is 4. The average Bonchev–Trinajstić information content (AvgIpc) is 2.18. The molecule has 0 fully saturated rings. The lowest BCUT2D eigenvalue weighted by Gasteiger charge is -1.98. The van der Waals surface area contributed by atoms with Gasteiger partial charge in [0.15, 0.2) is 11.5 Å². The molecule has 2 nitrogen and oxygen atoms in total. The van der Waals surface area contributed by atoms with E-state index in [-0.39, 0.29) is 11.5 Å². The summed E-state index contributed by atoms with van der Waals surface area (Å²) in [5.74, 6) is -0.140. The highest BCUT2D eigenvalue weighted by Crippen LogP contribution is 2.25. The summed E-state index contributed by atoms with van der Waals surface area (Å²) >= 11 is 0. The topological polar surface area (TPSA) is 40.5 Å². The van der Waals surface area contributed by atoms with Gasteiger partial charge in [-0.25, -0.2) is 0 Å². The Balaban J connectivity index is 2.59. The van der Waals surface area contributed by atoms with Crippen molar-refractivity contribution >= 4 is 6.08 Å². The summed E-state index contributed by atoms with van der Waals surface area (Å²) in [5, 5.41) is 18.3. The lowest BCUT2D eigenvalue weighted by Crippen LogP contribution is -1.73. The molecule has 0 unspecified atom stereocenters. The van der Waals surface area contributed by atoms with Crippen LogP contribution in [0.5, 0.6) is 11.5 Å². The maximum atomic E-state index is 9.22. The van der Waals surface area contributed by atoms with Crippen LogP contribution in [0.1, 0.15) is 31.7 Å². The molecular formula is C12H16O2. The zero-order valence-electron chi connectivity index (χ0n) is 8.40. The Morgan fingerprint density at radius 1 is 1.21 bits per heavy atom. The van der Waals surface area contributed by atoms with Gasteiger partial charge in [-0.15, -0.1) is 0 Å². The van der Waals surface area contributed by atoms with Crippen molar-refractivity contribution < 1.29 is 10.2 Å². The number of allylic oxidation sites excluding steroid dienone is 1. The summed E-state index contributed by atoms with van der Waals surface area (Å²) in [6.45, 7) is 2.15. The first-order valence-corrected chi connectivity index (χ1v) is 4.92. The van der Waals surface area contributed by atoms with Gasteiger partial charge in [0.2, 0.25) is 0 Å². The van der Waals surface area contributed by atoms with Crippen LogP contribution in [0.4, 0.5) is 0 Å². The van der Waals surface area contributed by atoms with Crippen molar-refractivity contribution in [3.8, 4) is 11.5 Å². The summed E-state index contributed by atoms with van der Waals surface area (Å²) in [6.07, 6.45) is 7.45. The van der Waals surface area contributed by atoms with E-state index in [9.17, 15) is 5.11 Å². The average molecular weight is 192 g/mol. The lowest BCUT2D eigenvalue weighted by atomic mass is 10.1. The Labute approximate surface area is 84.5 Å². The molecule has 0 saturated carbocycles. The molecule has 76 valence electrons. The minimum absolute atomic E-state index is 0.0670. The summed E-state index contributed by atoms with van der Waals surface area (Å²) in [6, 6.07) is 4.82. The summed E-state index contributed by atoms with van der Waals surface area (Å²) < 4.78 is 0. The molecule has 0 heterocycles. The number of benzene rings is 1. The maximum Gasteiger partial charge on any atom is 0.157 e. The van der Waals surface area contributed by atoms with Gasteiger partial charge in [0.1, 0.15) is 0 Å². The van der Waals surface area contributed by atoms with Gasteiger partial charge in [-0.3, -0.25) is 0 Å². The fraction of sp³-hybridized carbons (Fsp3) is 0.333. The van der Waals surface area contributed by atoms with Crippen molar-refractivity contribution in [3.05, 3.63) is 29.8 Å². The van der Waals surface area contributed by atoms with Crippen LogP contribution in [0, 0.1) is 0 Å². The molecule has 1 aromatic carbocycles. The fourth-order valence-corrected chi connectivity index (χ4v) is 1.19. The predicted molar refractivity (Wildman–Crippen MR) is 58.3 cm³/mol. The van der Waals surface area contributed by atoms with Crippen LogP contribution in [0.3, 0.4) is 0 Å². The van der Waals surface area contributed by atoms with Gasteiger partial charge >= 0.3 is 0 Å². The first kappa shape index (κ1) is 10.6. The second-order valence-corrected chi connectivity index (χ2v) is 3.29. The number of unbranched alkanes of at least 4 members (excludes halogenated alkanes) is 2. The minimum atomic E-state index is -0.0734. The molecule has 1 aromatic rings. The number of aromatic hydroxyl groups is 2. The molecule has 0 atom stereocenters. The van der Waals surface area contributed by atoms with Crippen LogP contribution in [0.2, 0.25) is 0 Å². The van der Waals surface area contributed by atoms with Crippen LogP contribution < -0.4 is 0 Å². The van der Waals surface area contributed by atoms with Crippen LogP contribution in [-0.4, -0.2) is 10.2 Å². The molecule has 0 aliphatic rings. The Kier molecular flexibility index (Phi) is 4.05. The molecule has 14 heavy (non-hydrogen) atoms. The standard InChI is InChI=1S/C12H16O2/c1-2-3-4-5-6-10-7-8-11(13)12(14)9-10/h5-9,13-14H,2-4H2,1H3/b6-5+. The van der Waals surface area contributed by atoms with Gasteiger partial charge in [0.25, 0.3) is 0 Å². The molecular weight excluding hydrogens is 176 g/mol. The van der Waals surface area contributed by atoms with E-state index in [1.54, 1.807) is 12.1 Å². The van der Waals surface area contributed by atoms with Crippen molar-refractivity contribution in [2.45, 2.75) is 26.2 Å². The molecule has 1 rings (SSSR count). The van der Waals surface area contributed by atoms with Crippen LogP contribution in [0.15, 0.2) is 24.3 Å². The van der Waals surface area contributed by atoms with Crippen molar-refractivity contribution in [2.24, 2.45) is 0 Å². The third kappa shape index (κ3) is 3.13. The number of hydrogen-bond acceptors (Lipinski definition) is 2. The molecule has 2 heteroatoms. The molecule has 0 aromatic heterocycles. The highest BCUT2D eigenvalue weighted by molar-refractivity contribution is 5.54. The van der Waals surface area contributed by atoms with E-state index in [0.717, 1.165) is 12.0 Å². The Morgan fingerprint density at radius 2 is 2.00 bits per heavy atom. The predicted octanol–water partition coefficient (Wildman–Crippen LogP) is 3.30. The zero-order valence-corrected chi connectivity index (χ0v) is 8.40. The minimum Gasteiger partial charge on any atom is -0.504 e. The molecule has 0 amide bonds. The second-order valence-electron chi connectivity index (χ2n) is 3.29. The van der Waals surface area contributed by atoms with Crippen molar-refractivity contribution in [1.29, 1.82) is 0 Å². The zero-order chi connectivity index (χ0) is 10.4. The van der Waals surface area contributed by atoms with Crippen molar-refractivity contribution in [1.82, 2.24) is 0 Å². The lowest BCUT2D eigenvalue weighted by molar-refractivity contribution is 0.403. The molecule has 0 aliphatic carbocycles. The van der Waals surface area contributed by atoms with E-state index in [4.69, 9.17) is 5.11 Å². The van der Waals surface area contributed by atoms with Gasteiger partial charge in [0, 0.05) is 0 Å². The molecule has 0 saturated heterocycles. The van der Waals surface area contributed by atoms with E-state index < -0.39 is 0 Å². The van der Waals surface area contributed by atoms with E-state index in [1.807, 2.05) is 6.08 Å². The van der Waals surface area contributed by atoms with Crippen LogP contribution >= 0.6 is 0 Å². The number of phenolic OH excluding ortho intramolecular Hbond substituents is 2. The first-order chi connectivity index (χ1) is 6.74. The summed E-state index contributed by atoms with van der Waals surface area (Å²) in [7, 11) is 0. The van der Waals surface area contributed by atoms with Crippen molar-refractivity contribution in [3.63, 3.8) is 0 Å². The molecule has 0 bridgehead atoms. The van der Waals surface area contributed by atoms with E-state index in [1.165, 1.54) is 18.9 Å². The maximum absolute atomic E-state index is 9.22. The highest BCUT2D eigenvalue weighted by Gasteiger charge is 1.96. The highest BCUT2D eigenvalue weighted by atomic mass is 16.3. The SMILES string of the molecule is CCCC/C=C/c1ccc(O)c(O)c1. The van der Waals surface area contributed by atoms with Crippen LogP contribution in [-0.2, 0) is 0 Å². The first-order valence-electron chi connectivity index (χ1n) is 4.92. The molecule has 0 aliphatic heterocycles.